The van der Waals surface area contributed by atoms with Crippen LogP contribution in [0.15, 0.2) is 18.2 Å². The number of aromatic nitrogens is 2. The molecule has 0 saturated heterocycles. The Morgan fingerprint density at radius 1 is 1.24 bits per heavy atom. The van der Waals surface area contributed by atoms with Gasteiger partial charge in [0, 0.05) is 6.54 Å². The normalized spacial score (nSPS) is 14.0. The minimum absolute atomic E-state index is 0.640. The molecule has 1 aliphatic rings. The summed E-state index contributed by atoms with van der Waals surface area (Å²) in [4.78, 5) is 0. The Labute approximate surface area is 125 Å². The van der Waals surface area contributed by atoms with Gasteiger partial charge in [0.15, 0.2) is 0 Å². The zero-order chi connectivity index (χ0) is 14.8. The Bertz CT molecular complexity index is 646. The van der Waals surface area contributed by atoms with Crippen LogP contribution in [0.4, 0.5) is 5.69 Å². The molecule has 2 N–H and O–H groups in total. The summed E-state index contributed by atoms with van der Waals surface area (Å²) in [5.74, 6) is 1.53. The van der Waals surface area contributed by atoms with Crippen molar-refractivity contribution >= 4 is 5.69 Å². The fraction of sp³-hybridized carbons (Fsp3) is 0.471. The van der Waals surface area contributed by atoms with Crippen molar-refractivity contribution in [1.29, 1.82) is 0 Å². The van der Waals surface area contributed by atoms with Crippen molar-refractivity contribution < 1.29 is 4.74 Å². The quantitative estimate of drug-likeness (QED) is 0.928. The first kappa shape index (κ1) is 14.0. The van der Waals surface area contributed by atoms with Gasteiger partial charge in [0.25, 0.3) is 0 Å². The van der Waals surface area contributed by atoms with Crippen LogP contribution in [0, 0.1) is 6.92 Å². The molecule has 0 amide bonds. The van der Waals surface area contributed by atoms with Gasteiger partial charge in [-0.2, -0.15) is 5.10 Å². The lowest BCUT2D eigenvalue weighted by Gasteiger charge is -2.17. The van der Waals surface area contributed by atoms with E-state index >= 15 is 0 Å². The summed E-state index contributed by atoms with van der Waals surface area (Å²) in [5.41, 5.74) is 10.5. The molecule has 4 heteroatoms. The van der Waals surface area contributed by atoms with E-state index in [1.165, 1.54) is 30.4 Å². The summed E-state index contributed by atoms with van der Waals surface area (Å²) in [7, 11) is 0. The van der Waals surface area contributed by atoms with Gasteiger partial charge in [-0.1, -0.05) is 13.0 Å². The van der Waals surface area contributed by atoms with E-state index in [1.54, 1.807) is 0 Å². The van der Waals surface area contributed by atoms with Crippen LogP contribution in [0.3, 0.4) is 0 Å². The van der Waals surface area contributed by atoms with Gasteiger partial charge in [0.2, 0.25) is 5.88 Å². The second-order valence-corrected chi connectivity index (χ2v) is 5.77. The van der Waals surface area contributed by atoms with Crippen LogP contribution in [-0.4, -0.2) is 9.78 Å². The van der Waals surface area contributed by atoms with Crippen molar-refractivity contribution in [2.45, 2.75) is 52.5 Å². The molecule has 0 bridgehead atoms. The Hall–Kier alpha value is -1.97. The molecular weight excluding hydrogens is 262 g/mol. The highest BCUT2D eigenvalue weighted by Gasteiger charge is 2.16. The average molecular weight is 285 g/mol. The molecule has 1 aliphatic carbocycles. The number of nitrogen functional groups attached to an aromatic ring is 1. The Kier molecular flexibility index (Phi) is 3.86. The van der Waals surface area contributed by atoms with E-state index in [4.69, 9.17) is 10.5 Å². The van der Waals surface area contributed by atoms with Crippen LogP contribution >= 0.6 is 0 Å². The van der Waals surface area contributed by atoms with Crippen LogP contribution in [-0.2, 0) is 19.4 Å². The predicted molar refractivity (Wildman–Crippen MR) is 84.8 cm³/mol. The van der Waals surface area contributed by atoms with Crippen molar-refractivity contribution in [3.63, 3.8) is 0 Å². The third-order valence-electron chi connectivity index (χ3n) is 4.10. The Morgan fingerprint density at radius 3 is 2.76 bits per heavy atom. The van der Waals surface area contributed by atoms with Gasteiger partial charge in [-0.25, -0.2) is 4.68 Å². The number of benzene rings is 1. The van der Waals surface area contributed by atoms with Crippen LogP contribution in [0.5, 0.6) is 11.6 Å². The zero-order valence-corrected chi connectivity index (χ0v) is 12.9. The van der Waals surface area contributed by atoms with E-state index in [0.29, 0.717) is 11.6 Å². The molecule has 0 atom stereocenters. The van der Waals surface area contributed by atoms with E-state index in [0.717, 1.165) is 30.8 Å². The van der Waals surface area contributed by atoms with E-state index in [9.17, 15) is 0 Å². The molecule has 0 radical (unpaired) electrons. The molecule has 4 nitrogen and oxygen atoms in total. The minimum Gasteiger partial charge on any atom is -0.437 e. The van der Waals surface area contributed by atoms with Crippen molar-refractivity contribution in [2.24, 2.45) is 0 Å². The molecule has 2 aromatic rings. The number of anilines is 1. The Morgan fingerprint density at radius 2 is 2.00 bits per heavy atom. The molecule has 0 unspecified atom stereocenters. The second kappa shape index (κ2) is 5.80. The van der Waals surface area contributed by atoms with E-state index in [2.05, 4.69) is 24.2 Å². The molecular formula is C17H23N3O. The molecule has 0 saturated carbocycles. The smallest absolute Gasteiger partial charge is 0.241 e. The molecule has 0 fully saturated rings. The van der Waals surface area contributed by atoms with Gasteiger partial charge in [-0.15, -0.1) is 0 Å². The van der Waals surface area contributed by atoms with Gasteiger partial charge in [-0.3, -0.25) is 0 Å². The van der Waals surface area contributed by atoms with Gasteiger partial charge >= 0.3 is 0 Å². The largest absolute Gasteiger partial charge is 0.437 e. The molecule has 1 heterocycles. The first-order chi connectivity index (χ1) is 10.2. The first-order valence-electron chi connectivity index (χ1n) is 7.81. The van der Waals surface area contributed by atoms with Gasteiger partial charge < -0.3 is 10.5 Å². The topological polar surface area (TPSA) is 53.1 Å². The standard InChI is InChI=1S/C17H23N3O/c1-3-10-20-17(16(18)12(2)19-20)21-15-9-8-13-6-4-5-7-14(13)11-15/h8-9,11H,3-7,10,18H2,1-2H3. The average Bonchev–Trinajstić information content (AvgIpc) is 2.75. The molecule has 0 spiro atoms. The van der Waals surface area contributed by atoms with E-state index in [-0.39, 0.29) is 0 Å². The number of ether oxygens (including phenoxy) is 1. The maximum absolute atomic E-state index is 6.11. The SMILES string of the molecule is CCCn1nc(C)c(N)c1Oc1ccc2c(c1)CCCC2. The number of rotatable bonds is 4. The number of hydrogen-bond donors (Lipinski definition) is 1. The lowest BCUT2D eigenvalue weighted by Crippen LogP contribution is -2.05. The summed E-state index contributed by atoms with van der Waals surface area (Å²) >= 11 is 0. The van der Waals surface area contributed by atoms with Crippen molar-refractivity contribution in [2.75, 3.05) is 5.73 Å². The number of nitrogens with zero attached hydrogens (tertiary/aromatic N) is 2. The number of hydrogen-bond acceptors (Lipinski definition) is 3. The molecule has 1 aromatic heterocycles. The van der Waals surface area contributed by atoms with E-state index in [1.807, 2.05) is 17.7 Å². The fourth-order valence-electron chi connectivity index (χ4n) is 2.93. The zero-order valence-electron chi connectivity index (χ0n) is 12.9. The first-order valence-corrected chi connectivity index (χ1v) is 7.81. The molecule has 21 heavy (non-hydrogen) atoms. The number of nitrogens with two attached hydrogens (primary N) is 1. The summed E-state index contributed by atoms with van der Waals surface area (Å²) in [5, 5.41) is 4.45. The maximum atomic E-state index is 6.11. The third-order valence-corrected chi connectivity index (χ3v) is 4.10. The monoisotopic (exact) mass is 285 g/mol. The molecule has 1 aromatic carbocycles. The van der Waals surface area contributed by atoms with Crippen molar-refractivity contribution in [1.82, 2.24) is 9.78 Å². The highest BCUT2D eigenvalue weighted by Crippen LogP contribution is 2.32. The van der Waals surface area contributed by atoms with E-state index < -0.39 is 0 Å². The maximum Gasteiger partial charge on any atom is 0.241 e. The Balaban J connectivity index is 1.89. The molecule has 0 aliphatic heterocycles. The molecule has 3 rings (SSSR count). The van der Waals surface area contributed by atoms with Crippen molar-refractivity contribution in [3.05, 3.63) is 35.0 Å². The van der Waals surface area contributed by atoms with Crippen LogP contribution in [0.25, 0.3) is 0 Å². The summed E-state index contributed by atoms with van der Waals surface area (Å²) < 4.78 is 7.92. The third kappa shape index (κ3) is 2.75. The highest BCUT2D eigenvalue weighted by atomic mass is 16.5. The summed E-state index contributed by atoms with van der Waals surface area (Å²) in [6.07, 6.45) is 5.90. The lowest BCUT2D eigenvalue weighted by molar-refractivity contribution is 0.409. The van der Waals surface area contributed by atoms with Crippen LogP contribution < -0.4 is 10.5 Å². The minimum atomic E-state index is 0.640. The number of fused-ring (bicyclic) bond motifs is 1. The summed E-state index contributed by atoms with van der Waals surface area (Å²) in [6, 6.07) is 6.39. The van der Waals surface area contributed by atoms with Crippen molar-refractivity contribution in [3.8, 4) is 11.6 Å². The lowest BCUT2D eigenvalue weighted by atomic mass is 9.92. The number of aryl methyl sites for hydroxylation is 4. The molecule has 112 valence electrons. The summed E-state index contributed by atoms with van der Waals surface area (Å²) in [6.45, 7) is 4.86. The van der Waals surface area contributed by atoms with Crippen LogP contribution in [0.2, 0.25) is 0 Å². The predicted octanol–water partition coefficient (Wildman–Crippen LogP) is 3.85. The second-order valence-electron chi connectivity index (χ2n) is 5.77. The highest BCUT2D eigenvalue weighted by molar-refractivity contribution is 5.54. The van der Waals surface area contributed by atoms with Gasteiger partial charge in [0.05, 0.1) is 5.69 Å². The van der Waals surface area contributed by atoms with Crippen LogP contribution in [0.1, 0.15) is 43.0 Å². The fourth-order valence-corrected chi connectivity index (χ4v) is 2.93. The van der Waals surface area contributed by atoms with Gasteiger partial charge in [0.1, 0.15) is 11.4 Å². The van der Waals surface area contributed by atoms with Gasteiger partial charge in [-0.05, 0) is 62.3 Å².